The zero-order valence-electron chi connectivity index (χ0n) is 11.5. The first-order valence-electron chi connectivity index (χ1n) is 6.54. The van der Waals surface area contributed by atoms with Gasteiger partial charge in [-0.1, -0.05) is 0 Å². The van der Waals surface area contributed by atoms with E-state index in [1.165, 1.54) is 18.2 Å². The first-order chi connectivity index (χ1) is 9.79. The fraction of sp³-hybridized carbons (Fsp3) is 0.462. The minimum atomic E-state index is -3.89. The Kier molecular flexibility index (Phi) is 5.03. The van der Waals surface area contributed by atoms with Crippen LogP contribution in [-0.2, 0) is 14.8 Å². The van der Waals surface area contributed by atoms with E-state index >= 15 is 0 Å². The quantitative estimate of drug-likeness (QED) is 0.829. The molecule has 0 aliphatic carbocycles. The third kappa shape index (κ3) is 4.03. The number of rotatable bonds is 4. The molecule has 21 heavy (non-hydrogen) atoms. The Morgan fingerprint density at radius 3 is 2.81 bits per heavy atom. The van der Waals surface area contributed by atoms with Crippen LogP contribution < -0.4 is 10.5 Å². The van der Waals surface area contributed by atoms with Crippen LogP contribution in [0.3, 0.4) is 0 Å². The van der Waals surface area contributed by atoms with Crippen molar-refractivity contribution in [2.75, 3.05) is 6.61 Å². The standard InChI is InChI=1S/C13H17BrN2O4S/c1-8(11-3-2-6-20-11)16-13(17)9-4-5-10(14)12(7-9)21(15,18)19/h4-5,7-8,11H,2-3,6H2,1H3,(H,16,17)(H2,15,18,19). The topological polar surface area (TPSA) is 98.5 Å². The summed E-state index contributed by atoms with van der Waals surface area (Å²) < 4.78 is 28.7. The van der Waals surface area contributed by atoms with Gasteiger partial charge in [0.05, 0.1) is 17.0 Å². The highest BCUT2D eigenvalue weighted by molar-refractivity contribution is 9.10. The molecule has 1 saturated heterocycles. The number of nitrogens with two attached hydrogens (primary N) is 1. The number of primary sulfonamides is 1. The summed E-state index contributed by atoms with van der Waals surface area (Å²) in [5.74, 6) is -0.351. The predicted octanol–water partition coefficient (Wildman–Crippen LogP) is 1.39. The third-order valence-electron chi connectivity index (χ3n) is 3.38. The maximum absolute atomic E-state index is 12.2. The van der Waals surface area contributed by atoms with Gasteiger partial charge in [-0.3, -0.25) is 4.79 Å². The zero-order valence-corrected chi connectivity index (χ0v) is 13.9. The zero-order chi connectivity index (χ0) is 15.6. The van der Waals surface area contributed by atoms with Gasteiger partial charge in [0, 0.05) is 16.6 Å². The van der Waals surface area contributed by atoms with Crippen molar-refractivity contribution in [3.63, 3.8) is 0 Å². The van der Waals surface area contributed by atoms with Crippen LogP contribution in [0.15, 0.2) is 27.6 Å². The van der Waals surface area contributed by atoms with Crippen LogP contribution in [0.1, 0.15) is 30.1 Å². The van der Waals surface area contributed by atoms with Crippen LogP contribution in [0.5, 0.6) is 0 Å². The van der Waals surface area contributed by atoms with Crippen LogP contribution in [0.25, 0.3) is 0 Å². The highest BCUT2D eigenvalue weighted by Gasteiger charge is 2.24. The van der Waals surface area contributed by atoms with E-state index in [-0.39, 0.29) is 28.5 Å². The van der Waals surface area contributed by atoms with Crippen molar-refractivity contribution in [2.45, 2.75) is 36.8 Å². The number of halogens is 1. The van der Waals surface area contributed by atoms with Gasteiger partial charge in [-0.25, -0.2) is 13.6 Å². The van der Waals surface area contributed by atoms with E-state index in [0.29, 0.717) is 11.1 Å². The molecule has 1 fully saturated rings. The number of sulfonamides is 1. The van der Waals surface area contributed by atoms with E-state index in [1.54, 1.807) is 0 Å². The molecule has 1 heterocycles. The van der Waals surface area contributed by atoms with Gasteiger partial charge in [0.1, 0.15) is 0 Å². The monoisotopic (exact) mass is 376 g/mol. The lowest BCUT2D eigenvalue weighted by atomic mass is 10.1. The lowest BCUT2D eigenvalue weighted by Crippen LogP contribution is -2.40. The van der Waals surface area contributed by atoms with Crippen molar-refractivity contribution in [1.29, 1.82) is 0 Å². The molecular formula is C13H17BrN2O4S. The molecule has 1 aliphatic heterocycles. The minimum Gasteiger partial charge on any atom is -0.376 e. The number of amides is 1. The Labute approximate surface area is 132 Å². The maximum atomic E-state index is 12.2. The smallest absolute Gasteiger partial charge is 0.251 e. The molecule has 0 aromatic heterocycles. The van der Waals surface area contributed by atoms with E-state index in [4.69, 9.17) is 9.88 Å². The Morgan fingerprint density at radius 1 is 1.52 bits per heavy atom. The lowest BCUT2D eigenvalue weighted by Gasteiger charge is -2.20. The van der Waals surface area contributed by atoms with Crippen LogP contribution >= 0.6 is 15.9 Å². The molecule has 1 aliphatic rings. The molecule has 0 saturated carbocycles. The summed E-state index contributed by atoms with van der Waals surface area (Å²) in [7, 11) is -3.89. The molecule has 2 atom stereocenters. The minimum absolute atomic E-state index is 0.00195. The van der Waals surface area contributed by atoms with Gasteiger partial charge < -0.3 is 10.1 Å². The van der Waals surface area contributed by atoms with Gasteiger partial charge in [-0.15, -0.1) is 0 Å². The Hall–Kier alpha value is -0.960. The summed E-state index contributed by atoms with van der Waals surface area (Å²) in [5, 5.41) is 7.94. The van der Waals surface area contributed by atoms with Gasteiger partial charge in [-0.2, -0.15) is 0 Å². The number of hydrogen-bond donors (Lipinski definition) is 2. The molecule has 1 aromatic carbocycles. The van der Waals surface area contributed by atoms with E-state index in [0.717, 1.165) is 12.8 Å². The predicted molar refractivity (Wildman–Crippen MR) is 81.4 cm³/mol. The van der Waals surface area contributed by atoms with E-state index in [1.807, 2.05) is 6.92 Å². The summed E-state index contributed by atoms with van der Waals surface area (Å²) in [6.07, 6.45) is 1.89. The molecular weight excluding hydrogens is 360 g/mol. The van der Waals surface area contributed by atoms with Crippen LogP contribution in [0.2, 0.25) is 0 Å². The van der Waals surface area contributed by atoms with E-state index < -0.39 is 10.0 Å². The number of nitrogens with one attached hydrogen (secondary N) is 1. The van der Waals surface area contributed by atoms with Crippen molar-refractivity contribution >= 4 is 31.9 Å². The van der Waals surface area contributed by atoms with Gasteiger partial charge in [0.15, 0.2) is 0 Å². The molecule has 6 nitrogen and oxygen atoms in total. The SMILES string of the molecule is CC(NC(=O)c1ccc(Br)c(S(N)(=O)=O)c1)C1CCCO1. The first kappa shape index (κ1) is 16.4. The van der Waals surface area contributed by atoms with Gasteiger partial charge in [-0.05, 0) is 53.9 Å². The summed E-state index contributed by atoms with van der Waals surface area (Å²) in [5.41, 5.74) is 0.243. The molecule has 8 heteroatoms. The highest BCUT2D eigenvalue weighted by atomic mass is 79.9. The second kappa shape index (κ2) is 6.43. The van der Waals surface area contributed by atoms with Crippen LogP contribution in [0, 0.1) is 0 Å². The van der Waals surface area contributed by atoms with Crippen LogP contribution in [0.4, 0.5) is 0 Å². The van der Waals surface area contributed by atoms with E-state index in [9.17, 15) is 13.2 Å². The molecule has 1 aromatic rings. The van der Waals surface area contributed by atoms with Crippen LogP contribution in [-0.4, -0.2) is 33.1 Å². The van der Waals surface area contributed by atoms with Crippen molar-refractivity contribution in [3.8, 4) is 0 Å². The van der Waals surface area contributed by atoms with Crippen molar-refractivity contribution in [1.82, 2.24) is 5.32 Å². The molecule has 116 valence electrons. The third-order valence-corrected chi connectivity index (χ3v) is 5.29. The Morgan fingerprint density at radius 2 is 2.24 bits per heavy atom. The molecule has 3 N–H and O–H groups in total. The molecule has 2 unspecified atom stereocenters. The maximum Gasteiger partial charge on any atom is 0.251 e. The molecule has 0 spiro atoms. The summed E-state index contributed by atoms with van der Waals surface area (Å²) >= 11 is 3.11. The molecule has 0 bridgehead atoms. The lowest BCUT2D eigenvalue weighted by molar-refractivity contribution is 0.0712. The van der Waals surface area contributed by atoms with Gasteiger partial charge in [0.2, 0.25) is 10.0 Å². The van der Waals surface area contributed by atoms with Gasteiger partial charge in [0.25, 0.3) is 5.91 Å². The molecule has 1 amide bonds. The largest absolute Gasteiger partial charge is 0.376 e. The number of ether oxygens (including phenoxy) is 1. The van der Waals surface area contributed by atoms with Gasteiger partial charge >= 0.3 is 0 Å². The van der Waals surface area contributed by atoms with Crippen molar-refractivity contribution in [3.05, 3.63) is 28.2 Å². The fourth-order valence-corrected chi connectivity index (χ4v) is 3.80. The summed E-state index contributed by atoms with van der Waals surface area (Å²) in [4.78, 5) is 12.1. The number of hydrogen-bond acceptors (Lipinski definition) is 4. The number of benzene rings is 1. The van der Waals surface area contributed by atoms with E-state index in [2.05, 4.69) is 21.2 Å². The Balaban J connectivity index is 2.16. The summed E-state index contributed by atoms with van der Waals surface area (Å²) in [6, 6.07) is 4.15. The van der Waals surface area contributed by atoms with Crippen molar-refractivity contribution < 1.29 is 17.9 Å². The summed E-state index contributed by atoms with van der Waals surface area (Å²) in [6.45, 7) is 2.58. The highest BCUT2D eigenvalue weighted by Crippen LogP contribution is 2.22. The molecule has 0 radical (unpaired) electrons. The number of carbonyl (C=O) groups excluding carboxylic acids is 1. The first-order valence-corrected chi connectivity index (χ1v) is 8.88. The number of carbonyl (C=O) groups is 1. The normalized spacial score (nSPS) is 20.2. The average Bonchev–Trinajstić information content (AvgIpc) is 2.91. The second-order valence-corrected chi connectivity index (χ2v) is 7.39. The average molecular weight is 377 g/mol. The molecule has 2 rings (SSSR count). The fourth-order valence-electron chi connectivity index (χ4n) is 2.24. The second-order valence-electron chi connectivity index (χ2n) is 5.00. The Bertz CT molecular complexity index is 642. The van der Waals surface area contributed by atoms with Crippen molar-refractivity contribution in [2.24, 2.45) is 5.14 Å².